The summed E-state index contributed by atoms with van der Waals surface area (Å²) >= 11 is 0. The van der Waals surface area contributed by atoms with Gasteiger partial charge in [0.25, 0.3) is 0 Å². The van der Waals surface area contributed by atoms with E-state index in [2.05, 4.69) is 41.0 Å². The van der Waals surface area contributed by atoms with E-state index in [9.17, 15) is 4.79 Å². The van der Waals surface area contributed by atoms with E-state index in [0.717, 1.165) is 45.8 Å². The number of benzene rings is 1. The molecule has 22 heavy (non-hydrogen) atoms. The Morgan fingerprint density at radius 1 is 1.32 bits per heavy atom. The van der Waals surface area contributed by atoms with Crippen LogP contribution < -0.4 is 10.6 Å². The number of anilines is 1. The molecule has 0 radical (unpaired) electrons. The number of primary amides is 1. The fourth-order valence-corrected chi connectivity index (χ4v) is 3.44. The van der Waals surface area contributed by atoms with Crippen LogP contribution in [0.25, 0.3) is 0 Å². The summed E-state index contributed by atoms with van der Waals surface area (Å²) in [7, 11) is 0. The number of likely N-dealkylation sites (tertiary alicyclic amines) is 1. The van der Waals surface area contributed by atoms with Crippen LogP contribution in [0.4, 0.5) is 5.69 Å². The molecule has 2 atom stereocenters. The number of rotatable bonds is 4. The molecule has 0 spiro atoms. The highest BCUT2D eigenvalue weighted by atomic mass is 16.5. The first-order chi connectivity index (χ1) is 10.6. The first-order valence-electron chi connectivity index (χ1n) is 8.09. The van der Waals surface area contributed by atoms with Gasteiger partial charge in [-0.25, -0.2) is 0 Å². The van der Waals surface area contributed by atoms with Gasteiger partial charge in [-0.2, -0.15) is 0 Å². The maximum Gasteiger partial charge on any atom is 0.221 e. The van der Waals surface area contributed by atoms with E-state index in [0.29, 0.717) is 0 Å². The van der Waals surface area contributed by atoms with E-state index < -0.39 is 0 Å². The van der Waals surface area contributed by atoms with Crippen molar-refractivity contribution in [2.75, 3.05) is 37.7 Å². The first-order valence-corrected chi connectivity index (χ1v) is 8.09. The topological polar surface area (TPSA) is 58.8 Å². The maximum atomic E-state index is 11.3. The second-order valence-corrected chi connectivity index (χ2v) is 6.38. The van der Waals surface area contributed by atoms with Crippen molar-refractivity contribution in [3.05, 3.63) is 29.8 Å². The molecule has 0 aromatic heterocycles. The molecule has 3 rings (SSSR count). The van der Waals surface area contributed by atoms with Crippen LogP contribution in [-0.2, 0) is 16.1 Å². The van der Waals surface area contributed by atoms with Crippen LogP contribution in [0.3, 0.4) is 0 Å². The van der Waals surface area contributed by atoms with Crippen LogP contribution >= 0.6 is 0 Å². The third kappa shape index (κ3) is 3.42. The zero-order valence-electron chi connectivity index (χ0n) is 13.2. The highest BCUT2D eigenvalue weighted by Crippen LogP contribution is 2.26. The standard InChI is InChI=1S/C17H25N3O2/c1-13-10-20(8-9-22-13)16-5-3-2-4-14(16)11-19-7-6-15(12-19)17(18)21/h2-5,13,15H,6-12H2,1H3,(H2,18,21). The van der Waals surface area contributed by atoms with Crippen LogP contribution in [0, 0.1) is 5.92 Å². The lowest BCUT2D eigenvalue weighted by molar-refractivity contribution is -0.121. The lowest BCUT2D eigenvalue weighted by Gasteiger charge is -2.34. The van der Waals surface area contributed by atoms with Gasteiger partial charge in [-0.15, -0.1) is 0 Å². The number of para-hydroxylation sites is 1. The molecule has 5 nitrogen and oxygen atoms in total. The highest BCUT2D eigenvalue weighted by molar-refractivity contribution is 5.77. The molecule has 2 saturated heterocycles. The van der Waals surface area contributed by atoms with E-state index in [1.165, 1.54) is 11.3 Å². The van der Waals surface area contributed by atoms with Gasteiger partial charge >= 0.3 is 0 Å². The quantitative estimate of drug-likeness (QED) is 0.908. The molecule has 1 amide bonds. The van der Waals surface area contributed by atoms with Gasteiger partial charge in [-0.1, -0.05) is 18.2 Å². The minimum atomic E-state index is -0.169. The van der Waals surface area contributed by atoms with Gasteiger partial charge in [0.15, 0.2) is 0 Å². The predicted molar refractivity (Wildman–Crippen MR) is 86.6 cm³/mol. The maximum absolute atomic E-state index is 11.3. The molecule has 2 heterocycles. The number of amides is 1. The van der Waals surface area contributed by atoms with E-state index in [1.807, 2.05) is 0 Å². The average Bonchev–Trinajstić information content (AvgIpc) is 2.97. The molecule has 120 valence electrons. The van der Waals surface area contributed by atoms with Gasteiger partial charge in [0.05, 0.1) is 18.6 Å². The summed E-state index contributed by atoms with van der Waals surface area (Å²) in [6.07, 6.45) is 1.15. The Bertz CT molecular complexity index is 534. The van der Waals surface area contributed by atoms with Crippen molar-refractivity contribution in [1.29, 1.82) is 0 Å². The van der Waals surface area contributed by atoms with Gasteiger partial charge in [0, 0.05) is 31.9 Å². The fraction of sp³-hybridized carbons (Fsp3) is 0.588. The largest absolute Gasteiger partial charge is 0.375 e. The number of hydrogen-bond donors (Lipinski definition) is 1. The lowest BCUT2D eigenvalue weighted by Crippen LogP contribution is -2.41. The Kier molecular flexibility index (Phi) is 4.64. The monoisotopic (exact) mass is 303 g/mol. The second kappa shape index (κ2) is 6.67. The number of ether oxygens (including phenoxy) is 1. The van der Waals surface area contributed by atoms with Crippen molar-refractivity contribution in [2.24, 2.45) is 11.7 Å². The Balaban J connectivity index is 1.70. The average molecular weight is 303 g/mol. The molecular formula is C17H25N3O2. The van der Waals surface area contributed by atoms with Crippen molar-refractivity contribution in [2.45, 2.75) is 26.0 Å². The predicted octanol–water partition coefficient (Wildman–Crippen LogP) is 1.22. The van der Waals surface area contributed by atoms with E-state index >= 15 is 0 Å². The fourth-order valence-electron chi connectivity index (χ4n) is 3.44. The molecule has 2 N–H and O–H groups in total. The van der Waals surface area contributed by atoms with Crippen molar-refractivity contribution in [1.82, 2.24) is 4.90 Å². The number of nitrogens with two attached hydrogens (primary N) is 1. The molecule has 0 aliphatic carbocycles. The van der Waals surface area contributed by atoms with Crippen molar-refractivity contribution in [3.63, 3.8) is 0 Å². The molecular weight excluding hydrogens is 278 g/mol. The summed E-state index contributed by atoms with van der Waals surface area (Å²) in [4.78, 5) is 16.1. The normalized spacial score (nSPS) is 26.3. The van der Waals surface area contributed by atoms with Crippen LogP contribution in [0.2, 0.25) is 0 Å². The Morgan fingerprint density at radius 3 is 2.86 bits per heavy atom. The van der Waals surface area contributed by atoms with Gasteiger partial charge < -0.3 is 15.4 Å². The van der Waals surface area contributed by atoms with Crippen molar-refractivity contribution < 1.29 is 9.53 Å². The molecule has 2 aliphatic rings. The summed E-state index contributed by atoms with van der Waals surface area (Å²) in [6, 6.07) is 8.56. The number of hydrogen-bond acceptors (Lipinski definition) is 4. The SMILES string of the molecule is CC1CN(c2ccccc2CN2CCC(C(N)=O)C2)CCO1. The van der Waals surface area contributed by atoms with E-state index in [1.54, 1.807) is 0 Å². The molecule has 0 bridgehead atoms. The summed E-state index contributed by atoms with van der Waals surface area (Å²) in [5.41, 5.74) is 8.04. The molecule has 1 aromatic rings. The highest BCUT2D eigenvalue weighted by Gasteiger charge is 2.27. The third-order valence-electron chi connectivity index (χ3n) is 4.64. The van der Waals surface area contributed by atoms with Gasteiger partial charge in [0.2, 0.25) is 5.91 Å². The van der Waals surface area contributed by atoms with E-state index in [-0.39, 0.29) is 17.9 Å². The lowest BCUT2D eigenvalue weighted by atomic mass is 10.1. The minimum absolute atomic E-state index is 0.00979. The zero-order valence-corrected chi connectivity index (χ0v) is 13.2. The van der Waals surface area contributed by atoms with Crippen LogP contribution in [0.1, 0.15) is 18.9 Å². The van der Waals surface area contributed by atoms with Crippen molar-refractivity contribution in [3.8, 4) is 0 Å². The Hall–Kier alpha value is -1.59. The van der Waals surface area contributed by atoms with Crippen LogP contribution in [0.15, 0.2) is 24.3 Å². The van der Waals surface area contributed by atoms with E-state index in [4.69, 9.17) is 10.5 Å². The molecule has 1 aromatic carbocycles. The first kappa shape index (κ1) is 15.3. The van der Waals surface area contributed by atoms with Crippen LogP contribution in [0.5, 0.6) is 0 Å². The van der Waals surface area contributed by atoms with Gasteiger partial charge in [0.1, 0.15) is 0 Å². The summed E-state index contributed by atoms with van der Waals surface area (Å²) in [5.74, 6) is -0.159. The van der Waals surface area contributed by atoms with Crippen molar-refractivity contribution >= 4 is 11.6 Å². The summed E-state index contributed by atoms with van der Waals surface area (Å²) in [5, 5.41) is 0. The number of carbonyl (C=O) groups is 1. The third-order valence-corrected chi connectivity index (χ3v) is 4.64. The zero-order chi connectivity index (χ0) is 15.5. The number of nitrogens with zero attached hydrogens (tertiary/aromatic N) is 2. The van der Waals surface area contributed by atoms with Gasteiger partial charge in [-0.3, -0.25) is 9.69 Å². The number of morpholine rings is 1. The second-order valence-electron chi connectivity index (χ2n) is 6.38. The molecule has 2 aliphatic heterocycles. The molecule has 2 unspecified atom stereocenters. The Morgan fingerprint density at radius 2 is 2.14 bits per heavy atom. The summed E-state index contributed by atoms with van der Waals surface area (Å²) in [6.45, 7) is 7.37. The molecule has 2 fully saturated rings. The molecule has 5 heteroatoms. The summed E-state index contributed by atoms with van der Waals surface area (Å²) < 4.78 is 5.64. The Labute approximate surface area is 132 Å². The number of carbonyl (C=O) groups excluding carboxylic acids is 1. The molecule has 0 saturated carbocycles. The van der Waals surface area contributed by atoms with Gasteiger partial charge in [-0.05, 0) is 31.5 Å². The minimum Gasteiger partial charge on any atom is -0.375 e. The smallest absolute Gasteiger partial charge is 0.221 e. The van der Waals surface area contributed by atoms with Crippen LogP contribution in [-0.4, -0.2) is 49.7 Å².